The second-order valence-corrected chi connectivity index (χ2v) is 6.06. The monoisotopic (exact) mass is 310 g/mol. The van der Waals surface area contributed by atoms with Crippen LogP contribution in [0.1, 0.15) is 53.0 Å². The molecule has 0 aliphatic heterocycles. The second-order valence-electron chi connectivity index (χ2n) is 6.06. The van der Waals surface area contributed by atoms with Crippen molar-refractivity contribution >= 4 is 16.9 Å². The standard InChI is InChI=1S/C21H30N2/c1-7-9-14(3)15(4)21(10-8-2)17(6)16(5)18-11-19(22)13-20(23)12-18/h8,10-13H,5,7,9,22-23H2,1-4,6H3/b10-8-,15-14+,21-17+. The van der Waals surface area contributed by atoms with Crippen LogP contribution >= 0.6 is 0 Å². The lowest BCUT2D eigenvalue weighted by Gasteiger charge is -2.16. The molecular formula is C21H30N2. The summed E-state index contributed by atoms with van der Waals surface area (Å²) in [4.78, 5) is 0. The zero-order valence-corrected chi connectivity index (χ0v) is 15.2. The van der Waals surface area contributed by atoms with E-state index in [0.717, 1.165) is 29.6 Å². The summed E-state index contributed by atoms with van der Waals surface area (Å²) in [5.41, 5.74) is 20.2. The molecular weight excluding hydrogens is 280 g/mol. The Morgan fingerprint density at radius 1 is 1.04 bits per heavy atom. The van der Waals surface area contributed by atoms with E-state index in [-0.39, 0.29) is 0 Å². The molecule has 0 aromatic heterocycles. The fraction of sp³-hybridized carbons (Fsp3) is 0.333. The third-order valence-electron chi connectivity index (χ3n) is 4.19. The smallest absolute Gasteiger partial charge is 0.0340 e. The summed E-state index contributed by atoms with van der Waals surface area (Å²) < 4.78 is 0. The number of allylic oxidation sites excluding steroid dienone is 7. The predicted octanol–water partition coefficient (Wildman–Crippen LogP) is 5.89. The van der Waals surface area contributed by atoms with Crippen LogP contribution in [0, 0.1) is 0 Å². The lowest BCUT2D eigenvalue weighted by molar-refractivity contribution is 0.893. The largest absolute Gasteiger partial charge is 0.399 e. The Bertz CT molecular complexity index is 653. The molecule has 0 saturated carbocycles. The topological polar surface area (TPSA) is 52.0 Å². The first-order chi connectivity index (χ1) is 10.8. The van der Waals surface area contributed by atoms with Crippen LogP contribution in [-0.2, 0) is 0 Å². The number of anilines is 2. The summed E-state index contributed by atoms with van der Waals surface area (Å²) in [6.45, 7) is 15.0. The average molecular weight is 310 g/mol. The zero-order valence-electron chi connectivity index (χ0n) is 15.2. The van der Waals surface area contributed by atoms with E-state index in [2.05, 4.69) is 46.4 Å². The minimum atomic E-state index is 0.663. The SMILES string of the molecule is C=C(/C(C)=C(\C=C/C)C(/C)=C(\C)CCC)c1cc(N)cc(N)c1. The van der Waals surface area contributed by atoms with Gasteiger partial charge in [0.2, 0.25) is 0 Å². The number of rotatable bonds is 6. The molecule has 0 unspecified atom stereocenters. The molecule has 2 heteroatoms. The summed E-state index contributed by atoms with van der Waals surface area (Å²) >= 11 is 0. The Balaban J connectivity index is 3.41. The molecule has 0 bridgehead atoms. The van der Waals surface area contributed by atoms with Gasteiger partial charge in [0.1, 0.15) is 0 Å². The van der Waals surface area contributed by atoms with E-state index in [1.54, 1.807) is 6.07 Å². The highest BCUT2D eigenvalue weighted by Gasteiger charge is 2.10. The van der Waals surface area contributed by atoms with Crippen LogP contribution in [0.25, 0.3) is 5.57 Å². The highest BCUT2D eigenvalue weighted by Crippen LogP contribution is 2.31. The lowest BCUT2D eigenvalue weighted by atomic mass is 9.90. The molecule has 0 fully saturated rings. The first kappa shape index (κ1) is 18.8. The maximum absolute atomic E-state index is 5.92. The number of nitrogens with two attached hydrogens (primary N) is 2. The summed E-state index contributed by atoms with van der Waals surface area (Å²) in [7, 11) is 0. The first-order valence-corrected chi connectivity index (χ1v) is 8.17. The molecule has 2 nitrogen and oxygen atoms in total. The molecule has 0 aliphatic rings. The van der Waals surface area contributed by atoms with Gasteiger partial charge in [0.15, 0.2) is 0 Å². The van der Waals surface area contributed by atoms with Gasteiger partial charge in [0.25, 0.3) is 0 Å². The Labute approximate surface area is 141 Å². The molecule has 124 valence electrons. The van der Waals surface area contributed by atoms with Gasteiger partial charge in [-0.1, -0.05) is 37.6 Å². The van der Waals surface area contributed by atoms with Gasteiger partial charge in [-0.15, -0.1) is 0 Å². The van der Waals surface area contributed by atoms with Gasteiger partial charge in [-0.3, -0.25) is 0 Å². The molecule has 0 heterocycles. The molecule has 0 saturated heterocycles. The Kier molecular flexibility index (Phi) is 6.89. The number of nitrogen functional groups attached to an aromatic ring is 2. The van der Waals surface area contributed by atoms with Crippen LogP contribution in [-0.4, -0.2) is 0 Å². The Hall–Kier alpha value is -2.22. The van der Waals surface area contributed by atoms with Gasteiger partial charge in [-0.25, -0.2) is 0 Å². The van der Waals surface area contributed by atoms with Crippen molar-refractivity contribution in [1.29, 1.82) is 0 Å². The van der Waals surface area contributed by atoms with E-state index in [4.69, 9.17) is 11.5 Å². The molecule has 0 atom stereocenters. The minimum Gasteiger partial charge on any atom is -0.399 e. The van der Waals surface area contributed by atoms with Gasteiger partial charge in [-0.05, 0) is 80.2 Å². The van der Waals surface area contributed by atoms with Gasteiger partial charge in [0.05, 0.1) is 0 Å². The van der Waals surface area contributed by atoms with Crippen molar-refractivity contribution in [3.05, 3.63) is 64.8 Å². The molecule has 0 amide bonds. The summed E-state index contributed by atoms with van der Waals surface area (Å²) in [6.07, 6.45) is 6.49. The summed E-state index contributed by atoms with van der Waals surface area (Å²) in [5, 5.41) is 0. The fourth-order valence-electron chi connectivity index (χ4n) is 2.72. The van der Waals surface area contributed by atoms with Crippen molar-refractivity contribution in [2.45, 2.75) is 47.5 Å². The quantitative estimate of drug-likeness (QED) is 0.508. The molecule has 1 rings (SSSR count). The summed E-state index contributed by atoms with van der Waals surface area (Å²) in [6, 6.07) is 5.61. The minimum absolute atomic E-state index is 0.663. The Morgan fingerprint density at radius 3 is 2.09 bits per heavy atom. The third kappa shape index (κ3) is 4.88. The normalized spacial score (nSPS) is 13.8. The number of hydrogen-bond acceptors (Lipinski definition) is 2. The molecule has 4 N–H and O–H groups in total. The van der Waals surface area contributed by atoms with Crippen molar-refractivity contribution in [3.8, 4) is 0 Å². The molecule has 23 heavy (non-hydrogen) atoms. The van der Waals surface area contributed by atoms with Crippen LogP contribution in [0.5, 0.6) is 0 Å². The number of hydrogen-bond donors (Lipinski definition) is 2. The van der Waals surface area contributed by atoms with Crippen LogP contribution in [0.3, 0.4) is 0 Å². The molecule has 0 spiro atoms. The van der Waals surface area contributed by atoms with Crippen LogP contribution < -0.4 is 11.5 Å². The lowest BCUT2D eigenvalue weighted by Crippen LogP contribution is -1.97. The van der Waals surface area contributed by atoms with Crippen molar-refractivity contribution in [2.75, 3.05) is 11.5 Å². The molecule has 1 aromatic rings. The van der Waals surface area contributed by atoms with Crippen molar-refractivity contribution < 1.29 is 0 Å². The van der Waals surface area contributed by atoms with Crippen LogP contribution in [0.2, 0.25) is 0 Å². The van der Waals surface area contributed by atoms with E-state index in [1.165, 1.54) is 16.7 Å². The third-order valence-corrected chi connectivity index (χ3v) is 4.19. The van der Waals surface area contributed by atoms with E-state index < -0.39 is 0 Å². The van der Waals surface area contributed by atoms with Crippen molar-refractivity contribution in [2.24, 2.45) is 0 Å². The van der Waals surface area contributed by atoms with E-state index in [1.807, 2.05) is 19.1 Å². The first-order valence-electron chi connectivity index (χ1n) is 8.17. The molecule has 0 aliphatic carbocycles. The summed E-state index contributed by atoms with van der Waals surface area (Å²) in [5.74, 6) is 0. The zero-order chi connectivity index (χ0) is 17.6. The maximum Gasteiger partial charge on any atom is 0.0340 e. The van der Waals surface area contributed by atoms with Gasteiger partial charge < -0.3 is 11.5 Å². The van der Waals surface area contributed by atoms with E-state index in [0.29, 0.717) is 11.4 Å². The highest BCUT2D eigenvalue weighted by molar-refractivity contribution is 5.82. The van der Waals surface area contributed by atoms with Gasteiger partial charge >= 0.3 is 0 Å². The van der Waals surface area contributed by atoms with Gasteiger partial charge in [0, 0.05) is 11.4 Å². The average Bonchev–Trinajstić information content (AvgIpc) is 2.49. The fourth-order valence-corrected chi connectivity index (χ4v) is 2.72. The van der Waals surface area contributed by atoms with E-state index in [9.17, 15) is 0 Å². The Morgan fingerprint density at radius 2 is 1.61 bits per heavy atom. The highest BCUT2D eigenvalue weighted by atomic mass is 14.6. The van der Waals surface area contributed by atoms with Crippen LogP contribution in [0.15, 0.2) is 59.2 Å². The van der Waals surface area contributed by atoms with Crippen LogP contribution in [0.4, 0.5) is 11.4 Å². The predicted molar refractivity (Wildman–Crippen MR) is 105 cm³/mol. The van der Waals surface area contributed by atoms with Crippen molar-refractivity contribution in [3.63, 3.8) is 0 Å². The van der Waals surface area contributed by atoms with Crippen molar-refractivity contribution in [1.82, 2.24) is 0 Å². The molecule has 0 radical (unpaired) electrons. The van der Waals surface area contributed by atoms with E-state index >= 15 is 0 Å². The number of benzene rings is 1. The second kappa shape index (κ2) is 8.42. The molecule has 1 aromatic carbocycles. The van der Waals surface area contributed by atoms with Gasteiger partial charge in [-0.2, -0.15) is 0 Å². The maximum atomic E-state index is 5.92.